The minimum absolute atomic E-state index is 0.0173. The van der Waals surface area contributed by atoms with E-state index < -0.39 is 0 Å². The predicted molar refractivity (Wildman–Crippen MR) is 112 cm³/mol. The normalized spacial score (nSPS) is 19.0. The van der Waals surface area contributed by atoms with Crippen LogP contribution in [0.3, 0.4) is 0 Å². The van der Waals surface area contributed by atoms with Crippen LogP contribution in [0.4, 0.5) is 0 Å². The molecule has 29 heavy (non-hydrogen) atoms. The zero-order valence-corrected chi connectivity index (χ0v) is 17.9. The van der Waals surface area contributed by atoms with Crippen molar-refractivity contribution < 1.29 is 14.3 Å². The van der Waals surface area contributed by atoms with Crippen LogP contribution in [0.15, 0.2) is 23.4 Å². The molecule has 1 aromatic heterocycles. The van der Waals surface area contributed by atoms with Crippen molar-refractivity contribution >= 4 is 17.7 Å². The molecule has 1 aromatic carbocycles. The van der Waals surface area contributed by atoms with Gasteiger partial charge in [-0.25, -0.2) is 0 Å². The van der Waals surface area contributed by atoms with Gasteiger partial charge in [0.05, 0.1) is 26.0 Å². The number of aromatic nitrogens is 3. The summed E-state index contributed by atoms with van der Waals surface area (Å²) in [6.45, 7) is 1.72. The maximum absolute atomic E-state index is 13.1. The molecule has 0 saturated carbocycles. The summed E-state index contributed by atoms with van der Waals surface area (Å²) < 4.78 is 13.1. The van der Waals surface area contributed by atoms with Gasteiger partial charge in [0.1, 0.15) is 17.3 Å². The van der Waals surface area contributed by atoms with E-state index in [4.69, 9.17) is 9.47 Å². The molecule has 2 aromatic rings. The number of benzene rings is 1. The third-order valence-corrected chi connectivity index (χ3v) is 6.72. The second kappa shape index (κ2) is 9.07. The lowest BCUT2D eigenvalue weighted by Crippen LogP contribution is -2.32. The van der Waals surface area contributed by atoms with E-state index in [-0.39, 0.29) is 11.9 Å². The fourth-order valence-corrected chi connectivity index (χ4v) is 5.13. The Morgan fingerprint density at radius 3 is 2.86 bits per heavy atom. The highest BCUT2D eigenvalue weighted by Gasteiger charge is 2.32. The van der Waals surface area contributed by atoms with Gasteiger partial charge in [-0.2, -0.15) is 0 Å². The van der Waals surface area contributed by atoms with Crippen molar-refractivity contribution in [2.75, 3.05) is 26.5 Å². The van der Waals surface area contributed by atoms with Crippen molar-refractivity contribution in [2.45, 2.75) is 56.3 Å². The fourth-order valence-electron chi connectivity index (χ4n) is 4.26. The first kappa shape index (κ1) is 20.1. The maximum atomic E-state index is 13.1. The number of hydrogen-bond acceptors (Lipinski definition) is 6. The molecule has 0 N–H and O–H groups in total. The topological polar surface area (TPSA) is 69.5 Å². The zero-order chi connectivity index (χ0) is 20.2. The van der Waals surface area contributed by atoms with Gasteiger partial charge in [0.25, 0.3) is 0 Å². The number of rotatable bonds is 6. The maximum Gasteiger partial charge on any atom is 0.233 e. The highest BCUT2D eigenvalue weighted by atomic mass is 32.2. The molecule has 2 aliphatic heterocycles. The molecule has 0 bridgehead atoms. The Morgan fingerprint density at radius 2 is 2.03 bits per heavy atom. The summed E-state index contributed by atoms with van der Waals surface area (Å²) in [5.74, 6) is 3.14. The number of hydrogen-bond donors (Lipinski definition) is 0. The van der Waals surface area contributed by atoms with Crippen molar-refractivity contribution in [1.82, 2.24) is 19.7 Å². The average Bonchev–Trinajstić information content (AvgIpc) is 3.32. The van der Waals surface area contributed by atoms with Crippen LogP contribution >= 0.6 is 11.8 Å². The number of likely N-dealkylation sites (tertiary alicyclic amines) is 1. The molecule has 156 valence electrons. The molecule has 1 fully saturated rings. The summed E-state index contributed by atoms with van der Waals surface area (Å²) >= 11 is 1.50. The number of amides is 1. The quantitative estimate of drug-likeness (QED) is 0.672. The Kier molecular flexibility index (Phi) is 6.28. The van der Waals surface area contributed by atoms with Gasteiger partial charge in [-0.15, -0.1) is 10.2 Å². The number of aryl methyl sites for hydroxylation is 1. The largest absolute Gasteiger partial charge is 0.497 e. The van der Waals surface area contributed by atoms with E-state index in [2.05, 4.69) is 14.8 Å². The number of carbonyl (C=O) groups is 1. The van der Waals surface area contributed by atoms with Gasteiger partial charge in [0.2, 0.25) is 5.91 Å². The molecule has 1 saturated heterocycles. The van der Waals surface area contributed by atoms with Gasteiger partial charge in [0.15, 0.2) is 5.16 Å². The highest BCUT2D eigenvalue weighted by Crippen LogP contribution is 2.39. The molecule has 0 unspecified atom stereocenters. The standard InChI is InChI=1S/C21H28N4O3S/c1-27-15-9-10-18(28-2)16(13-15)17-7-6-12-24(17)20(26)14-29-21-23-22-19-8-4-3-5-11-25(19)21/h9-10,13,17H,3-8,11-12,14H2,1-2H3/t17-/m0/s1. The molecule has 0 radical (unpaired) electrons. The number of methoxy groups -OCH3 is 2. The molecule has 2 aliphatic rings. The smallest absolute Gasteiger partial charge is 0.233 e. The van der Waals surface area contributed by atoms with Crippen LogP contribution in [-0.4, -0.2) is 52.1 Å². The third kappa shape index (κ3) is 4.22. The van der Waals surface area contributed by atoms with E-state index >= 15 is 0 Å². The van der Waals surface area contributed by atoms with Crippen LogP contribution in [0.25, 0.3) is 0 Å². The lowest BCUT2D eigenvalue weighted by Gasteiger charge is -2.26. The Balaban J connectivity index is 1.47. The van der Waals surface area contributed by atoms with Gasteiger partial charge >= 0.3 is 0 Å². The number of nitrogens with zero attached hydrogens (tertiary/aromatic N) is 4. The molecule has 3 heterocycles. The van der Waals surface area contributed by atoms with Crippen molar-refractivity contribution in [2.24, 2.45) is 0 Å². The van der Waals surface area contributed by atoms with E-state index in [0.717, 1.165) is 66.8 Å². The monoisotopic (exact) mass is 416 g/mol. The Labute approximate surface area is 175 Å². The first-order valence-electron chi connectivity index (χ1n) is 10.3. The highest BCUT2D eigenvalue weighted by molar-refractivity contribution is 7.99. The van der Waals surface area contributed by atoms with Gasteiger partial charge in [-0.05, 0) is 43.9 Å². The molecule has 7 nitrogen and oxygen atoms in total. The number of fused-ring (bicyclic) bond motifs is 1. The summed E-state index contributed by atoms with van der Waals surface area (Å²) in [5, 5.41) is 9.53. The second-order valence-electron chi connectivity index (χ2n) is 7.50. The Hall–Kier alpha value is -2.22. The van der Waals surface area contributed by atoms with E-state index in [1.165, 1.54) is 24.6 Å². The molecule has 0 aliphatic carbocycles. The van der Waals surface area contributed by atoms with Crippen LogP contribution < -0.4 is 9.47 Å². The summed E-state index contributed by atoms with van der Waals surface area (Å²) in [6.07, 6.45) is 6.44. The Morgan fingerprint density at radius 1 is 1.14 bits per heavy atom. The van der Waals surface area contributed by atoms with Crippen LogP contribution in [0.5, 0.6) is 11.5 Å². The summed E-state index contributed by atoms with van der Waals surface area (Å²) in [5.41, 5.74) is 1.01. The second-order valence-corrected chi connectivity index (χ2v) is 8.45. The van der Waals surface area contributed by atoms with Gasteiger partial charge in [0, 0.05) is 25.1 Å². The van der Waals surface area contributed by atoms with E-state index in [0.29, 0.717) is 5.75 Å². The van der Waals surface area contributed by atoms with Crippen LogP contribution in [-0.2, 0) is 17.8 Å². The summed E-state index contributed by atoms with van der Waals surface area (Å²) in [4.78, 5) is 15.1. The molecule has 4 rings (SSSR count). The van der Waals surface area contributed by atoms with Crippen molar-refractivity contribution in [3.05, 3.63) is 29.6 Å². The molecule has 0 spiro atoms. The molecular formula is C21H28N4O3S. The molecule has 8 heteroatoms. The number of ether oxygens (including phenoxy) is 2. The minimum atomic E-state index is 0.0173. The number of thioether (sulfide) groups is 1. The zero-order valence-electron chi connectivity index (χ0n) is 17.1. The fraction of sp³-hybridized carbons (Fsp3) is 0.571. The third-order valence-electron chi connectivity index (χ3n) is 5.77. The van der Waals surface area contributed by atoms with E-state index in [1.54, 1.807) is 14.2 Å². The minimum Gasteiger partial charge on any atom is -0.497 e. The number of carbonyl (C=O) groups excluding carboxylic acids is 1. The van der Waals surface area contributed by atoms with Gasteiger partial charge in [-0.3, -0.25) is 4.79 Å². The lowest BCUT2D eigenvalue weighted by molar-refractivity contribution is -0.129. The molecule has 1 atom stereocenters. The summed E-state index contributed by atoms with van der Waals surface area (Å²) in [6, 6.07) is 5.80. The first-order chi connectivity index (χ1) is 14.2. The van der Waals surface area contributed by atoms with Crippen LogP contribution in [0.2, 0.25) is 0 Å². The predicted octanol–water partition coefficient (Wildman–Crippen LogP) is 3.48. The lowest BCUT2D eigenvalue weighted by atomic mass is 10.0. The Bertz CT molecular complexity index is 870. The van der Waals surface area contributed by atoms with Crippen LogP contribution in [0, 0.1) is 0 Å². The van der Waals surface area contributed by atoms with Crippen molar-refractivity contribution in [3.8, 4) is 11.5 Å². The van der Waals surface area contributed by atoms with E-state index in [9.17, 15) is 4.79 Å². The van der Waals surface area contributed by atoms with Crippen molar-refractivity contribution in [1.29, 1.82) is 0 Å². The first-order valence-corrected chi connectivity index (χ1v) is 11.3. The van der Waals surface area contributed by atoms with Crippen LogP contribution in [0.1, 0.15) is 49.5 Å². The SMILES string of the molecule is COc1ccc(OC)c([C@@H]2CCCN2C(=O)CSc2nnc3n2CCCCC3)c1. The van der Waals surface area contributed by atoms with Crippen molar-refractivity contribution in [3.63, 3.8) is 0 Å². The van der Waals surface area contributed by atoms with E-state index in [1.807, 2.05) is 23.1 Å². The van der Waals surface area contributed by atoms with Gasteiger partial charge < -0.3 is 18.9 Å². The van der Waals surface area contributed by atoms with Gasteiger partial charge in [-0.1, -0.05) is 18.2 Å². The molecule has 1 amide bonds. The summed E-state index contributed by atoms with van der Waals surface area (Å²) in [7, 11) is 3.32. The average molecular weight is 417 g/mol. The molecular weight excluding hydrogens is 388 g/mol.